The Balaban J connectivity index is 2.13. The number of nitrogens with zero attached hydrogens (tertiary/aromatic N) is 3. The molecule has 2 aromatic carbocycles. The van der Waals surface area contributed by atoms with Crippen molar-refractivity contribution in [1.82, 2.24) is 15.0 Å². The Kier molecular flexibility index (Phi) is 7.23. The monoisotopic (exact) mass is 525 g/mol. The minimum Gasteiger partial charge on any atom is -0.209 e. The van der Waals surface area contributed by atoms with E-state index in [4.69, 9.17) is 81.2 Å². The van der Waals surface area contributed by atoms with Crippen LogP contribution in [0.4, 0.5) is 0 Å². The van der Waals surface area contributed by atoms with Crippen LogP contribution in [-0.2, 0) is 7.59 Å². The summed E-state index contributed by atoms with van der Waals surface area (Å²) in [7, 11) is 0. The van der Waals surface area contributed by atoms with Crippen LogP contribution >= 0.6 is 81.2 Å². The molecule has 0 radical (unpaired) electrons. The van der Waals surface area contributed by atoms with Gasteiger partial charge in [-0.05, 0) is 17.2 Å². The number of aromatic nitrogens is 3. The first kappa shape index (κ1) is 22.9. The predicted octanol–water partition coefficient (Wildman–Crippen LogP) is 8.02. The van der Waals surface area contributed by atoms with Gasteiger partial charge in [0.1, 0.15) is 0 Å². The largest absolute Gasteiger partial charge is 0.250 e. The predicted molar refractivity (Wildman–Crippen MR) is 124 cm³/mol. The van der Waals surface area contributed by atoms with Crippen molar-refractivity contribution in [3.8, 4) is 11.4 Å². The Morgan fingerprint density at radius 3 is 1.66 bits per heavy atom. The van der Waals surface area contributed by atoms with Gasteiger partial charge in [0.25, 0.3) is 0 Å². The van der Waals surface area contributed by atoms with E-state index in [9.17, 15) is 0 Å². The average Bonchev–Trinajstić information content (AvgIpc) is 2.66. The van der Waals surface area contributed by atoms with Gasteiger partial charge in [-0.25, -0.2) is 15.0 Å². The van der Waals surface area contributed by atoms with Crippen LogP contribution in [0.1, 0.15) is 22.8 Å². The molecule has 0 saturated heterocycles. The molecule has 3 nitrogen and oxygen atoms in total. The molecule has 0 aliphatic carbocycles. The second-order valence-corrected chi connectivity index (χ2v) is 10.7. The van der Waals surface area contributed by atoms with Gasteiger partial charge in [0.05, 0.1) is 0 Å². The third-order valence-corrected chi connectivity index (χ3v) is 5.05. The van der Waals surface area contributed by atoms with E-state index in [2.05, 4.69) is 15.0 Å². The van der Waals surface area contributed by atoms with Crippen LogP contribution in [0, 0.1) is 0 Å². The zero-order chi connectivity index (χ0) is 21.2. The molecule has 1 heterocycles. The Morgan fingerprint density at radius 2 is 1.10 bits per heavy atom. The summed E-state index contributed by atoms with van der Waals surface area (Å²) in [5.41, 5.74) is 2.26. The lowest BCUT2D eigenvalue weighted by molar-refractivity contribution is 0.851. The van der Waals surface area contributed by atoms with Crippen LogP contribution in [0.2, 0.25) is 5.02 Å². The summed E-state index contributed by atoms with van der Waals surface area (Å²) in [6, 6.07) is 14.8. The molecule has 0 N–H and O–H groups in total. The van der Waals surface area contributed by atoms with Crippen LogP contribution in [-0.4, -0.2) is 15.0 Å². The number of hydrogen-bond donors (Lipinski definition) is 0. The number of hydrogen-bond acceptors (Lipinski definition) is 3. The van der Waals surface area contributed by atoms with Crippen molar-refractivity contribution in [1.29, 1.82) is 0 Å². The fraction of sp³-hybridized carbons (Fsp3) is 0.105. The molecule has 0 amide bonds. The fourth-order valence-corrected chi connectivity index (χ4v) is 3.09. The minimum atomic E-state index is -1.93. The Hall–Kier alpha value is -0.780. The van der Waals surface area contributed by atoms with E-state index in [0.717, 1.165) is 11.1 Å². The molecule has 3 aromatic rings. The standard InChI is InChI=1S/C19H10Cl7N3/c20-14-8-4-2-6-12(14)10-9-11-5-1-3-7-13(11)15-27-16(18(21,22)23)29-17(28-15)19(24,25)26/h1-10H/b10-9+. The molecular weight excluding hydrogens is 518 g/mol. The van der Waals surface area contributed by atoms with Crippen molar-refractivity contribution in [3.63, 3.8) is 0 Å². The summed E-state index contributed by atoms with van der Waals surface area (Å²) >= 11 is 42.0. The van der Waals surface area contributed by atoms with Gasteiger partial charge in [0, 0.05) is 10.6 Å². The van der Waals surface area contributed by atoms with E-state index in [1.165, 1.54) is 0 Å². The van der Waals surface area contributed by atoms with Crippen LogP contribution < -0.4 is 0 Å². The van der Waals surface area contributed by atoms with Crippen LogP contribution in [0.3, 0.4) is 0 Å². The lowest BCUT2D eigenvalue weighted by Crippen LogP contribution is -2.17. The van der Waals surface area contributed by atoms with E-state index in [1.54, 1.807) is 12.1 Å². The minimum absolute atomic E-state index is 0.154. The maximum absolute atomic E-state index is 6.22. The number of halogens is 7. The molecule has 0 unspecified atom stereocenters. The average molecular weight is 528 g/mol. The molecule has 0 spiro atoms. The molecule has 0 bridgehead atoms. The molecule has 10 heteroatoms. The van der Waals surface area contributed by atoms with Crippen molar-refractivity contribution in [3.05, 3.63) is 76.3 Å². The van der Waals surface area contributed by atoms with E-state index in [1.807, 2.05) is 48.6 Å². The first-order valence-corrected chi connectivity index (χ1v) is 10.6. The first-order chi connectivity index (χ1) is 13.6. The first-order valence-electron chi connectivity index (χ1n) is 7.98. The summed E-state index contributed by atoms with van der Waals surface area (Å²) in [6.07, 6.45) is 3.73. The third-order valence-electron chi connectivity index (χ3n) is 3.69. The van der Waals surface area contributed by atoms with Crippen LogP contribution in [0.5, 0.6) is 0 Å². The molecule has 0 aliphatic heterocycles. The van der Waals surface area contributed by atoms with Gasteiger partial charge in [-0.2, -0.15) is 0 Å². The van der Waals surface area contributed by atoms with Gasteiger partial charge in [0.15, 0.2) is 17.5 Å². The highest BCUT2D eigenvalue weighted by Crippen LogP contribution is 2.41. The molecule has 0 fully saturated rings. The van der Waals surface area contributed by atoms with Gasteiger partial charge < -0.3 is 0 Å². The number of rotatable bonds is 3. The van der Waals surface area contributed by atoms with Gasteiger partial charge in [-0.1, -0.05) is 136 Å². The van der Waals surface area contributed by atoms with Crippen molar-refractivity contribution in [2.75, 3.05) is 0 Å². The Labute approximate surface area is 202 Å². The van der Waals surface area contributed by atoms with E-state index in [-0.39, 0.29) is 17.5 Å². The van der Waals surface area contributed by atoms with E-state index >= 15 is 0 Å². The molecule has 1 aromatic heterocycles. The smallest absolute Gasteiger partial charge is 0.209 e. The van der Waals surface area contributed by atoms with Gasteiger partial charge in [-0.15, -0.1) is 0 Å². The summed E-state index contributed by atoms with van der Waals surface area (Å²) in [5, 5.41) is 0.623. The highest BCUT2D eigenvalue weighted by molar-refractivity contribution is 6.67. The highest BCUT2D eigenvalue weighted by Gasteiger charge is 2.34. The normalized spacial score (nSPS) is 12.5. The van der Waals surface area contributed by atoms with Crippen molar-refractivity contribution in [2.45, 2.75) is 7.59 Å². The second-order valence-electron chi connectivity index (χ2n) is 5.74. The van der Waals surface area contributed by atoms with Crippen LogP contribution in [0.15, 0.2) is 48.5 Å². The fourth-order valence-electron chi connectivity index (χ4n) is 2.39. The van der Waals surface area contributed by atoms with Crippen LogP contribution in [0.25, 0.3) is 23.5 Å². The number of benzene rings is 2. The quantitative estimate of drug-likeness (QED) is 0.255. The maximum atomic E-state index is 6.22. The zero-order valence-corrected chi connectivity index (χ0v) is 19.6. The zero-order valence-electron chi connectivity index (χ0n) is 14.3. The molecular formula is C19H10Cl7N3. The van der Waals surface area contributed by atoms with E-state index < -0.39 is 7.59 Å². The van der Waals surface area contributed by atoms with Crippen molar-refractivity contribution in [2.24, 2.45) is 0 Å². The molecule has 0 saturated carbocycles. The maximum Gasteiger partial charge on any atom is 0.250 e. The lowest BCUT2D eigenvalue weighted by atomic mass is 10.0. The molecule has 0 atom stereocenters. The molecule has 0 aliphatic rings. The molecule has 3 rings (SSSR count). The van der Waals surface area contributed by atoms with Gasteiger partial charge in [0.2, 0.25) is 7.59 Å². The Bertz CT molecular complexity index is 1020. The summed E-state index contributed by atoms with van der Waals surface area (Å²) in [5.74, 6) is -0.112. The Morgan fingerprint density at radius 1 is 0.621 bits per heavy atom. The van der Waals surface area contributed by atoms with Crippen molar-refractivity contribution >= 4 is 93.4 Å². The van der Waals surface area contributed by atoms with Gasteiger partial charge >= 0.3 is 0 Å². The molecule has 150 valence electrons. The van der Waals surface area contributed by atoms with Crippen molar-refractivity contribution < 1.29 is 0 Å². The summed E-state index contributed by atoms with van der Waals surface area (Å²) in [4.78, 5) is 12.5. The van der Waals surface area contributed by atoms with E-state index in [0.29, 0.717) is 10.6 Å². The highest BCUT2D eigenvalue weighted by atomic mass is 35.6. The summed E-state index contributed by atoms with van der Waals surface area (Å²) in [6.45, 7) is 0. The number of alkyl halides is 6. The SMILES string of the molecule is Clc1ccccc1/C=C/c1ccccc1-c1nc(C(Cl)(Cl)Cl)nc(C(Cl)(Cl)Cl)n1. The third kappa shape index (κ3) is 5.89. The van der Waals surface area contributed by atoms with Gasteiger partial charge in [-0.3, -0.25) is 0 Å². The topological polar surface area (TPSA) is 38.7 Å². The summed E-state index contributed by atoms with van der Waals surface area (Å²) < 4.78 is -3.85. The second kappa shape index (κ2) is 9.15. The lowest BCUT2D eigenvalue weighted by Gasteiger charge is -2.16. The molecule has 29 heavy (non-hydrogen) atoms.